The van der Waals surface area contributed by atoms with Crippen molar-refractivity contribution in [1.29, 1.82) is 0 Å². The minimum absolute atomic E-state index is 0.288. The minimum Gasteiger partial charge on any atom is -0.355 e. The molecule has 0 saturated carbocycles. The summed E-state index contributed by atoms with van der Waals surface area (Å²) < 4.78 is 0. The summed E-state index contributed by atoms with van der Waals surface area (Å²) in [5.41, 5.74) is 1.96. The Morgan fingerprint density at radius 2 is 1.86 bits per heavy atom. The van der Waals surface area contributed by atoms with Gasteiger partial charge in [0.05, 0.1) is 0 Å². The number of nitrogens with zero attached hydrogens (tertiary/aromatic N) is 2. The maximum atomic E-state index is 2.55. The van der Waals surface area contributed by atoms with E-state index >= 15 is 0 Å². The molecule has 0 spiro atoms. The highest BCUT2D eigenvalue weighted by Crippen LogP contribution is 2.40. The van der Waals surface area contributed by atoms with Crippen LogP contribution in [-0.2, 0) is 0 Å². The number of hydrogen-bond acceptors (Lipinski definition) is 2. The predicted octanol–water partition coefficient (Wildman–Crippen LogP) is 2.43. The van der Waals surface area contributed by atoms with Crippen LogP contribution in [0.3, 0.4) is 0 Å². The first kappa shape index (κ1) is 9.88. The van der Waals surface area contributed by atoms with Gasteiger partial charge in [0.2, 0.25) is 0 Å². The Morgan fingerprint density at radius 1 is 1.21 bits per heavy atom. The highest BCUT2D eigenvalue weighted by Gasteiger charge is 2.41. The average molecular weight is 194 g/mol. The Bertz CT molecular complexity index is 271. The van der Waals surface area contributed by atoms with Crippen LogP contribution in [0.4, 0.5) is 0 Å². The van der Waals surface area contributed by atoms with E-state index in [2.05, 4.69) is 44.4 Å². The monoisotopic (exact) mass is 194 g/mol. The maximum absolute atomic E-state index is 2.55. The topological polar surface area (TPSA) is 6.48 Å². The molecule has 0 aliphatic carbocycles. The molecule has 0 saturated heterocycles. The van der Waals surface area contributed by atoms with Crippen LogP contribution in [0.2, 0.25) is 0 Å². The Kier molecular flexibility index (Phi) is 2.06. The second-order valence-electron chi connectivity index (χ2n) is 5.72. The van der Waals surface area contributed by atoms with Gasteiger partial charge in [0.25, 0.3) is 0 Å². The molecule has 2 aliphatic rings. The molecule has 2 heteroatoms. The van der Waals surface area contributed by atoms with Gasteiger partial charge in [0.1, 0.15) is 5.82 Å². The molecule has 0 aromatic heterocycles. The minimum atomic E-state index is 0.288. The van der Waals surface area contributed by atoms with E-state index in [0.717, 1.165) is 0 Å². The summed E-state index contributed by atoms with van der Waals surface area (Å²) in [6.07, 6.45) is 1.29. The van der Waals surface area contributed by atoms with Gasteiger partial charge in [-0.15, -0.1) is 0 Å². The zero-order valence-electron chi connectivity index (χ0n) is 10.1. The van der Waals surface area contributed by atoms with E-state index in [4.69, 9.17) is 0 Å². The smallest absolute Gasteiger partial charge is 0.106 e. The van der Waals surface area contributed by atoms with Gasteiger partial charge in [-0.05, 0) is 46.6 Å². The van der Waals surface area contributed by atoms with Crippen LogP contribution in [0.25, 0.3) is 0 Å². The summed E-state index contributed by atoms with van der Waals surface area (Å²) in [5, 5.41) is 0. The van der Waals surface area contributed by atoms with E-state index in [0.29, 0.717) is 6.04 Å². The van der Waals surface area contributed by atoms with Crippen molar-refractivity contribution in [3.63, 3.8) is 0 Å². The van der Waals surface area contributed by atoms with E-state index in [1.54, 1.807) is 5.57 Å². The lowest BCUT2D eigenvalue weighted by Gasteiger charge is -2.49. The molecule has 0 amide bonds. The lowest BCUT2D eigenvalue weighted by Crippen LogP contribution is -2.52. The largest absolute Gasteiger partial charge is 0.355 e. The molecular formula is C12H22N2. The fourth-order valence-electron chi connectivity index (χ4n) is 2.40. The quantitative estimate of drug-likeness (QED) is 0.632. The highest BCUT2D eigenvalue weighted by atomic mass is 15.4. The molecule has 2 rings (SSSR count). The predicted molar refractivity (Wildman–Crippen MR) is 59.9 cm³/mol. The van der Waals surface area contributed by atoms with Gasteiger partial charge in [-0.25, -0.2) is 0 Å². The molecular weight excluding hydrogens is 172 g/mol. The molecule has 0 radical (unpaired) electrons. The van der Waals surface area contributed by atoms with Crippen molar-refractivity contribution < 1.29 is 0 Å². The second-order valence-corrected chi connectivity index (χ2v) is 5.72. The summed E-state index contributed by atoms with van der Waals surface area (Å²) in [7, 11) is 0. The zero-order chi connectivity index (χ0) is 10.5. The first-order chi connectivity index (χ1) is 6.41. The highest BCUT2D eigenvalue weighted by molar-refractivity contribution is 5.31. The first-order valence-electron chi connectivity index (χ1n) is 5.67. The van der Waals surface area contributed by atoms with E-state index in [1.165, 1.54) is 25.3 Å². The summed E-state index contributed by atoms with van der Waals surface area (Å²) >= 11 is 0. The normalized spacial score (nSPS) is 21.9. The average Bonchev–Trinajstić information content (AvgIpc) is 2.24. The first-order valence-corrected chi connectivity index (χ1v) is 5.67. The van der Waals surface area contributed by atoms with E-state index in [9.17, 15) is 0 Å². The molecule has 0 aromatic carbocycles. The molecule has 0 aromatic rings. The Hall–Kier alpha value is -0.660. The molecule has 2 heterocycles. The van der Waals surface area contributed by atoms with Crippen LogP contribution in [0.15, 0.2) is 11.4 Å². The standard InChI is InChI=1S/C12H22N2/c1-9(2)13-7-6-10-8-14(11(10)13)12(3,4)5/h9H,6-8H2,1-5H3. The lowest BCUT2D eigenvalue weighted by atomic mass is 9.98. The van der Waals surface area contributed by atoms with Crippen LogP contribution >= 0.6 is 0 Å². The van der Waals surface area contributed by atoms with Crippen LogP contribution < -0.4 is 0 Å². The molecule has 0 fully saturated rings. The lowest BCUT2D eigenvalue weighted by molar-refractivity contribution is 0.102. The Labute approximate surface area is 87.6 Å². The molecule has 0 bridgehead atoms. The molecule has 80 valence electrons. The Balaban J connectivity index is 2.18. The summed E-state index contributed by atoms with van der Waals surface area (Å²) in [5.74, 6) is 1.53. The van der Waals surface area contributed by atoms with Crippen molar-refractivity contribution in [3.8, 4) is 0 Å². The van der Waals surface area contributed by atoms with Gasteiger partial charge in [0, 0.05) is 24.7 Å². The number of rotatable bonds is 1. The summed E-state index contributed by atoms with van der Waals surface area (Å²) in [6.45, 7) is 13.9. The molecule has 0 atom stereocenters. The number of hydrogen-bond donors (Lipinski definition) is 0. The molecule has 0 unspecified atom stereocenters. The zero-order valence-corrected chi connectivity index (χ0v) is 10.1. The third-order valence-corrected chi connectivity index (χ3v) is 3.28. The van der Waals surface area contributed by atoms with E-state index in [1.807, 2.05) is 0 Å². The van der Waals surface area contributed by atoms with Gasteiger partial charge in [-0.2, -0.15) is 0 Å². The van der Waals surface area contributed by atoms with Crippen molar-refractivity contribution in [1.82, 2.24) is 9.80 Å². The van der Waals surface area contributed by atoms with E-state index < -0.39 is 0 Å². The third-order valence-electron chi connectivity index (χ3n) is 3.28. The van der Waals surface area contributed by atoms with Crippen molar-refractivity contribution in [2.24, 2.45) is 0 Å². The summed E-state index contributed by atoms with van der Waals surface area (Å²) in [6, 6.07) is 0.646. The fourth-order valence-corrected chi connectivity index (χ4v) is 2.40. The van der Waals surface area contributed by atoms with Crippen LogP contribution in [0.5, 0.6) is 0 Å². The van der Waals surface area contributed by atoms with Crippen molar-refractivity contribution >= 4 is 0 Å². The molecule has 2 aliphatic heterocycles. The molecule has 2 nitrogen and oxygen atoms in total. The maximum Gasteiger partial charge on any atom is 0.106 e. The second kappa shape index (κ2) is 2.91. The van der Waals surface area contributed by atoms with E-state index in [-0.39, 0.29) is 5.54 Å². The van der Waals surface area contributed by atoms with Gasteiger partial charge >= 0.3 is 0 Å². The van der Waals surface area contributed by atoms with Gasteiger partial charge in [-0.1, -0.05) is 0 Å². The third kappa shape index (κ3) is 1.32. The van der Waals surface area contributed by atoms with Crippen LogP contribution in [0, 0.1) is 0 Å². The molecule has 0 N–H and O–H groups in total. The Morgan fingerprint density at radius 3 is 2.36 bits per heavy atom. The van der Waals surface area contributed by atoms with Crippen LogP contribution in [0.1, 0.15) is 41.0 Å². The molecule has 14 heavy (non-hydrogen) atoms. The van der Waals surface area contributed by atoms with Crippen molar-refractivity contribution in [2.75, 3.05) is 13.1 Å². The van der Waals surface area contributed by atoms with Gasteiger partial charge < -0.3 is 9.80 Å². The fraction of sp³-hybridized carbons (Fsp3) is 0.833. The SMILES string of the molecule is CC(C)N1CCC2=C1N(C(C)(C)C)C2. The van der Waals surface area contributed by atoms with Gasteiger partial charge in [-0.3, -0.25) is 0 Å². The van der Waals surface area contributed by atoms with Crippen LogP contribution in [-0.4, -0.2) is 34.5 Å². The summed E-state index contributed by atoms with van der Waals surface area (Å²) in [4.78, 5) is 5.08. The van der Waals surface area contributed by atoms with Crippen molar-refractivity contribution in [3.05, 3.63) is 11.4 Å². The van der Waals surface area contributed by atoms with Gasteiger partial charge in [0.15, 0.2) is 0 Å². The van der Waals surface area contributed by atoms with Crippen molar-refractivity contribution in [2.45, 2.75) is 52.6 Å².